The Morgan fingerprint density at radius 2 is 2.00 bits per heavy atom. The molecule has 2 nitrogen and oxygen atoms in total. The standard InChI is InChI=1S/C9H20N2S/c1-3-7-11(2)8-5-4-6-9(10)12/h3-8H2,1-2H3,(H2,10,12). The predicted octanol–water partition coefficient (Wildman–Crippen LogP) is 1.78. The fourth-order valence-electron chi connectivity index (χ4n) is 1.17. The van der Waals surface area contributed by atoms with Crippen LogP contribution >= 0.6 is 12.2 Å². The zero-order chi connectivity index (χ0) is 9.40. The molecule has 0 saturated heterocycles. The van der Waals surface area contributed by atoms with Gasteiger partial charge in [0.2, 0.25) is 0 Å². The van der Waals surface area contributed by atoms with Gasteiger partial charge in [-0.1, -0.05) is 19.1 Å². The highest BCUT2D eigenvalue weighted by molar-refractivity contribution is 7.80. The number of rotatable bonds is 7. The molecule has 0 aromatic heterocycles. The Morgan fingerprint density at radius 3 is 2.50 bits per heavy atom. The predicted molar refractivity (Wildman–Crippen MR) is 58.4 cm³/mol. The van der Waals surface area contributed by atoms with Crippen LogP contribution in [0.5, 0.6) is 0 Å². The van der Waals surface area contributed by atoms with Gasteiger partial charge in [0.05, 0.1) is 4.99 Å². The molecule has 0 aliphatic rings. The quantitative estimate of drug-likeness (QED) is 0.488. The van der Waals surface area contributed by atoms with Crippen molar-refractivity contribution in [3.05, 3.63) is 0 Å². The Hall–Kier alpha value is -0.150. The van der Waals surface area contributed by atoms with Crippen molar-refractivity contribution in [3.8, 4) is 0 Å². The van der Waals surface area contributed by atoms with E-state index < -0.39 is 0 Å². The molecule has 0 saturated carbocycles. The van der Waals surface area contributed by atoms with Crippen molar-refractivity contribution in [1.82, 2.24) is 4.90 Å². The molecule has 0 heterocycles. The van der Waals surface area contributed by atoms with E-state index in [1.165, 1.54) is 19.4 Å². The fourth-order valence-corrected chi connectivity index (χ4v) is 1.32. The van der Waals surface area contributed by atoms with Gasteiger partial charge in [-0.3, -0.25) is 0 Å². The van der Waals surface area contributed by atoms with Gasteiger partial charge in [-0.2, -0.15) is 0 Å². The van der Waals surface area contributed by atoms with Crippen LogP contribution in [0, 0.1) is 0 Å². The number of hydrogen-bond donors (Lipinski definition) is 1. The summed E-state index contributed by atoms with van der Waals surface area (Å²) >= 11 is 4.79. The van der Waals surface area contributed by atoms with E-state index in [-0.39, 0.29) is 0 Å². The minimum absolute atomic E-state index is 0.646. The van der Waals surface area contributed by atoms with Crippen LogP contribution in [0.1, 0.15) is 32.6 Å². The lowest BCUT2D eigenvalue weighted by Gasteiger charge is -2.14. The first-order chi connectivity index (χ1) is 5.66. The van der Waals surface area contributed by atoms with Gasteiger partial charge in [0, 0.05) is 0 Å². The zero-order valence-electron chi connectivity index (χ0n) is 8.18. The van der Waals surface area contributed by atoms with Crippen LogP contribution < -0.4 is 5.73 Å². The molecule has 12 heavy (non-hydrogen) atoms. The van der Waals surface area contributed by atoms with Crippen LogP contribution in [0.4, 0.5) is 0 Å². The van der Waals surface area contributed by atoms with Crippen molar-refractivity contribution >= 4 is 17.2 Å². The van der Waals surface area contributed by atoms with Crippen LogP contribution in [0.25, 0.3) is 0 Å². The van der Waals surface area contributed by atoms with Gasteiger partial charge in [0.25, 0.3) is 0 Å². The monoisotopic (exact) mass is 188 g/mol. The van der Waals surface area contributed by atoms with Crippen molar-refractivity contribution < 1.29 is 0 Å². The molecule has 0 fully saturated rings. The minimum atomic E-state index is 0.646. The summed E-state index contributed by atoms with van der Waals surface area (Å²) in [5.41, 5.74) is 5.39. The minimum Gasteiger partial charge on any atom is -0.393 e. The lowest BCUT2D eigenvalue weighted by Crippen LogP contribution is -2.20. The Balaban J connectivity index is 3.13. The number of nitrogens with two attached hydrogens (primary N) is 1. The van der Waals surface area contributed by atoms with Crippen LogP contribution in [0.2, 0.25) is 0 Å². The molecule has 0 amide bonds. The molecule has 2 N–H and O–H groups in total. The van der Waals surface area contributed by atoms with Gasteiger partial charge in [-0.25, -0.2) is 0 Å². The maximum absolute atomic E-state index is 5.39. The van der Waals surface area contributed by atoms with E-state index >= 15 is 0 Å². The third-order valence-corrected chi connectivity index (χ3v) is 2.02. The summed E-state index contributed by atoms with van der Waals surface area (Å²) in [6, 6.07) is 0. The highest BCUT2D eigenvalue weighted by atomic mass is 32.1. The van der Waals surface area contributed by atoms with Crippen LogP contribution in [0.3, 0.4) is 0 Å². The highest BCUT2D eigenvalue weighted by Gasteiger charge is 1.96. The summed E-state index contributed by atoms with van der Waals surface area (Å²) in [5, 5.41) is 0. The Bertz CT molecular complexity index is 126. The molecular weight excluding hydrogens is 168 g/mol. The van der Waals surface area contributed by atoms with Crippen LogP contribution in [-0.4, -0.2) is 30.0 Å². The van der Waals surface area contributed by atoms with Crippen LogP contribution in [-0.2, 0) is 0 Å². The lowest BCUT2D eigenvalue weighted by atomic mass is 10.2. The Morgan fingerprint density at radius 1 is 1.33 bits per heavy atom. The normalized spacial score (nSPS) is 10.6. The van der Waals surface area contributed by atoms with Crippen molar-refractivity contribution in [2.75, 3.05) is 20.1 Å². The van der Waals surface area contributed by atoms with E-state index in [1.807, 2.05) is 0 Å². The summed E-state index contributed by atoms with van der Waals surface area (Å²) in [5.74, 6) is 0. The summed E-state index contributed by atoms with van der Waals surface area (Å²) in [4.78, 5) is 2.99. The molecule has 0 spiro atoms. The van der Waals surface area contributed by atoms with E-state index in [2.05, 4.69) is 18.9 Å². The number of hydrogen-bond acceptors (Lipinski definition) is 2. The summed E-state index contributed by atoms with van der Waals surface area (Å²) in [6.45, 7) is 4.55. The number of unbranched alkanes of at least 4 members (excludes halogenated alkanes) is 1. The van der Waals surface area contributed by atoms with Crippen molar-refractivity contribution in [3.63, 3.8) is 0 Å². The third kappa shape index (κ3) is 7.95. The Labute approximate surface area is 81.1 Å². The number of thiocarbonyl (C=S) groups is 1. The smallest absolute Gasteiger partial charge is 0.0727 e. The van der Waals surface area contributed by atoms with E-state index in [1.54, 1.807) is 0 Å². The van der Waals surface area contributed by atoms with Gasteiger partial charge in [0.1, 0.15) is 0 Å². The molecule has 0 atom stereocenters. The summed E-state index contributed by atoms with van der Waals surface area (Å²) < 4.78 is 0. The first kappa shape index (κ1) is 11.8. The van der Waals surface area contributed by atoms with Crippen molar-refractivity contribution in [2.24, 2.45) is 5.73 Å². The van der Waals surface area contributed by atoms with Gasteiger partial charge >= 0.3 is 0 Å². The first-order valence-electron chi connectivity index (χ1n) is 4.63. The molecular formula is C9H20N2S. The third-order valence-electron chi connectivity index (χ3n) is 1.82. The molecule has 0 bridgehead atoms. The molecule has 0 unspecified atom stereocenters. The number of nitrogens with zero attached hydrogens (tertiary/aromatic N) is 1. The van der Waals surface area contributed by atoms with E-state index in [0.717, 1.165) is 19.4 Å². The molecule has 0 aliphatic heterocycles. The average molecular weight is 188 g/mol. The summed E-state index contributed by atoms with van der Waals surface area (Å²) in [7, 11) is 2.16. The largest absolute Gasteiger partial charge is 0.393 e. The van der Waals surface area contributed by atoms with Gasteiger partial charge < -0.3 is 10.6 Å². The second kappa shape index (κ2) is 7.50. The fraction of sp³-hybridized carbons (Fsp3) is 0.889. The summed E-state index contributed by atoms with van der Waals surface area (Å²) in [6.07, 6.45) is 4.46. The lowest BCUT2D eigenvalue weighted by molar-refractivity contribution is 0.327. The second-order valence-electron chi connectivity index (χ2n) is 3.23. The molecule has 0 rings (SSSR count). The highest BCUT2D eigenvalue weighted by Crippen LogP contribution is 1.97. The molecule has 0 aromatic carbocycles. The molecule has 0 radical (unpaired) electrons. The van der Waals surface area contributed by atoms with Crippen molar-refractivity contribution in [2.45, 2.75) is 32.6 Å². The van der Waals surface area contributed by atoms with Crippen molar-refractivity contribution in [1.29, 1.82) is 0 Å². The van der Waals surface area contributed by atoms with E-state index in [4.69, 9.17) is 18.0 Å². The Kier molecular flexibility index (Phi) is 7.40. The maximum atomic E-state index is 5.39. The van der Waals surface area contributed by atoms with E-state index in [0.29, 0.717) is 4.99 Å². The zero-order valence-corrected chi connectivity index (χ0v) is 8.99. The van der Waals surface area contributed by atoms with E-state index in [9.17, 15) is 0 Å². The van der Waals surface area contributed by atoms with Crippen LogP contribution in [0.15, 0.2) is 0 Å². The molecule has 3 heteroatoms. The van der Waals surface area contributed by atoms with Gasteiger partial charge in [0.15, 0.2) is 0 Å². The molecule has 0 aromatic rings. The second-order valence-corrected chi connectivity index (χ2v) is 3.75. The van der Waals surface area contributed by atoms with Gasteiger partial charge in [-0.15, -0.1) is 0 Å². The molecule has 72 valence electrons. The SMILES string of the molecule is CCCN(C)CCCCC(N)=S. The maximum Gasteiger partial charge on any atom is 0.0727 e. The molecule has 0 aliphatic carbocycles. The first-order valence-corrected chi connectivity index (χ1v) is 5.04. The topological polar surface area (TPSA) is 29.3 Å². The van der Waals surface area contributed by atoms with Gasteiger partial charge in [-0.05, 0) is 45.8 Å². The average Bonchev–Trinajstić information content (AvgIpc) is 1.98.